The van der Waals surface area contributed by atoms with E-state index in [0.29, 0.717) is 5.92 Å². The summed E-state index contributed by atoms with van der Waals surface area (Å²) in [4.78, 5) is 0. The van der Waals surface area contributed by atoms with E-state index in [1.807, 2.05) is 12.1 Å². The van der Waals surface area contributed by atoms with Crippen molar-refractivity contribution in [3.8, 4) is 0 Å². The summed E-state index contributed by atoms with van der Waals surface area (Å²) in [5.74, 6) is 0.555. The summed E-state index contributed by atoms with van der Waals surface area (Å²) in [6.07, 6.45) is 5.18. The van der Waals surface area contributed by atoms with E-state index in [0.717, 1.165) is 13.1 Å². The van der Waals surface area contributed by atoms with E-state index >= 15 is 0 Å². The molecule has 4 aromatic rings. The quantitative estimate of drug-likeness (QED) is 0.247. The minimum atomic E-state index is 0.555. The second kappa shape index (κ2) is 14.8. The predicted octanol–water partition coefficient (Wildman–Crippen LogP) is 8.38. The van der Waals surface area contributed by atoms with Crippen LogP contribution in [0.5, 0.6) is 0 Å². The van der Waals surface area contributed by atoms with Crippen molar-refractivity contribution in [2.45, 2.75) is 51.6 Å². The Kier molecular flexibility index (Phi) is 11.0. The molecule has 0 unspecified atom stereocenters. The van der Waals surface area contributed by atoms with Crippen LogP contribution in [0.4, 0.5) is 0 Å². The average Bonchev–Trinajstić information content (AvgIpc) is 2.89. The standard InChI is InChI=1S/C18H22.C14H15N/c1-2-3-6-15-18(16-11-7-4-8-12-16)17-13-9-5-10-14-17;1-3-7-13(8-4-1)11-15-12-14-9-5-2-6-10-14/h4-5,7-14,18H,2-3,6,15H2,1H3;1-10,15H,11-12H2. The zero-order valence-corrected chi connectivity index (χ0v) is 19.9. The van der Waals surface area contributed by atoms with Gasteiger partial charge in [-0.1, -0.05) is 148 Å². The van der Waals surface area contributed by atoms with Gasteiger partial charge in [0.15, 0.2) is 0 Å². The lowest BCUT2D eigenvalue weighted by atomic mass is 9.87. The van der Waals surface area contributed by atoms with E-state index in [9.17, 15) is 0 Å². The number of benzene rings is 4. The molecule has 0 spiro atoms. The molecule has 33 heavy (non-hydrogen) atoms. The fourth-order valence-electron chi connectivity index (χ4n) is 4.04. The number of hydrogen-bond donors (Lipinski definition) is 1. The fraction of sp³-hybridized carbons (Fsp3) is 0.250. The first-order chi connectivity index (χ1) is 16.4. The Balaban J connectivity index is 0.000000189. The summed E-state index contributed by atoms with van der Waals surface area (Å²) in [5.41, 5.74) is 5.54. The summed E-state index contributed by atoms with van der Waals surface area (Å²) >= 11 is 0. The minimum absolute atomic E-state index is 0.555. The van der Waals surface area contributed by atoms with Gasteiger partial charge in [-0.3, -0.25) is 0 Å². The maximum absolute atomic E-state index is 3.42. The normalized spacial score (nSPS) is 10.5. The van der Waals surface area contributed by atoms with Crippen LogP contribution in [0.2, 0.25) is 0 Å². The van der Waals surface area contributed by atoms with Gasteiger partial charge in [-0.05, 0) is 28.7 Å². The molecule has 1 heteroatoms. The van der Waals surface area contributed by atoms with Crippen molar-refractivity contribution in [3.63, 3.8) is 0 Å². The molecule has 0 aliphatic rings. The van der Waals surface area contributed by atoms with Gasteiger partial charge in [-0.15, -0.1) is 0 Å². The Morgan fingerprint density at radius 1 is 0.515 bits per heavy atom. The van der Waals surface area contributed by atoms with Gasteiger partial charge in [0.1, 0.15) is 0 Å². The van der Waals surface area contributed by atoms with Crippen LogP contribution in [0.15, 0.2) is 121 Å². The van der Waals surface area contributed by atoms with E-state index in [1.165, 1.54) is 47.9 Å². The third kappa shape index (κ3) is 9.08. The molecule has 0 fully saturated rings. The van der Waals surface area contributed by atoms with Gasteiger partial charge in [0.25, 0.3) is 0 Å². The monoisotopic (exact) mass is 435 g/mol. The second-order valence-corrected chi connectivity index (χ2v) is 8.44. The molecule has 0 amide bonds. The lowest BCUT2D eigenvalue weighted by Crippen LogP contribution is -2.12. The molecule has 0 aliphatic carbocycles. The maximum Gasteiger partial charge on any atom is 0.0208 e. The van der Waals surface area contributed by atoms with E-state index in [-0.39, 0.29) is 0 Å². The van der Waals surface area contributed by atoms with Gasteiger partial charge in [0.05, 0.1) is 0 Å². The van der Waals surface area contributed by atoms with Crippen LogP contribution < -0.4 is 5.32 Å². The second-order valence-electron chi connectivity index (χ2n) is 8.44. The number of rotatable bonds is 10. The molecule has 170 valence electrons. The lowest BCUT2D eigenvalue weighted by molar-refractivity contribution is 0.618. The molecule has 0 saturated carbocycles. The summed E-state index contributed by atoms with van der Waals surface area (Å²) in [6.45, 7) is 4.12. The predicted molar refractivity (Wildman–Crippen MR) is 142 cm³/mol. The van der Waals surface area contributed by atoms with Gasteiger partial charge in [-0.25, -0.2) is 0 Å². The Hall–Kier alpha value is -3.16. The fourth-order valence-corrected chi connectivity index (χ4v) is 4.04. The molecule has 0 aliphatic heterocycles. The van der Waals surface area contributed by atoms with Crippen LogP contribution in [0.1, 0.15) is 60.8 Å². The Morgan fingerprint density at radius 3 is 1.30 bits per heavy atom. The molecule has 0 aromatic heterocycles. The van der Waals surface area contributed by atoms with Crippen molar-refractivity contribution in [2.75, 3.05) is 0 Å². The number of nitrogens with one attached hydrogen (secondary N) is 1. The van der Waals surface area contributed by atoms with Crippen LogP contribution in [0, 0.1) is 0 Å². The van der Waals surface area contributed by atoms with Crippen molar-refractivity contribution in [1.82, 2.24) is 5.32 Å². The summed E-state index contributed by atoms with van der Waals surface area (Å²) in [5, 5.41) is 3.42. The van der Waals surface area contributed by atoms with Crippen molar-refractivity contribution in [2.24, 2.45) is 0 Å². The van der Waals surface area contributed by atoms with Crippen LogP contribution in [0.25, 0.3) is 0 Å². The molecular formula is C32H37N. The Bertz CT molecular complexity index is 903. The number of unbranched alkanes of at least 4 members (excludes halogenated alkanes) is 2. The maximum atomic E-state index is 3.42. The zero-order chi connectivity index (χ0) is 23.0. The first-order valence-corrected chi connectivity index (χ1v) is 12.2. The third-order valence-corrected chi connectivity index (χ3v) is 5.84. The topological polar surface area (TPSA) is 12.0 Å². The average molecular weight is 436 g/mol. The first-order valence-electron chi connectivity index (χ1n) is 12.2. The van der Waals surface area contributed by atoms with E-state index in [4.69, 9.17) is 0 Å². The van der Waals surface area contributed by atoms with Gasteiger partial charge in [0, 0.05) is 19.0 Å². The summed E-state index contributed by atoms with van der Waals surface area (Å²) < 4.78 is 0. The van der Waals surface area contributed by atoms with E-state index < -0.39 is 0 Å². The Morgan fingerprint density at radius 2 is 0.909 bits per heavy atom. The molecule has 0 bridgehead atoms. The van der Waals surface area contributed by atoms with Crippen molar-refractivity contribution >= 4 is 0 Å². The van der Waals surface area contributed by atoms with Gasteiger partial charge in [-0.2, -0.15) is 0 Å². The Labute approximate surface area is 200 Å². The van der Waals surface area contributed by atoms with Gasteiger partial charge < -0.3 is 5.32 Å². The largest absolute Gasteiger partial charge is 0.309 e. The van der Waals surface area contributed by atoms with Gasteiger partial charge >= 0.3 is 0 Å². The highest BCUT2D eigenvalue weighted by molar-refractivity contribution is 5.32. The van der Waals surface area contributed by atoms with E-state index in [2.05, 4.69) is 121 Å². The lowest BCUT2D eigenvalue weighted by Gasteiger charge is -2.18. The zero-order valence-electron chi connectivity index (χ0n) is 19.9. The first kappa shape index (κ1) is 24.5. The SMILES string of the molecule is CCCCCC(c1ccccc1)c1ccccc1.c1ccc(CNCc2ccccc2)cc1. The molecule has 0 atom stereocenters. The third-order valence-electron chi connectivity index (χ3n) is 5.84. The van der Waals surface area contributed by atoms with Gasteiger partial charge in [0.2, 0.25) is 0 Å². The number of hydrogen-bond acceptors (Lipinski definition) is 1. The van der Waals surface area contributed by atoms with Crippen molar-refractivity contribution in [1.29, 1.82) is 0 Å². The molecule has 0 heterocycles. The molecule has 1 nitrogen and oxygen atoms in total. The van der Waals surface area contributed by atoms with Crippen molar-refractivity contribution < 1.29 is 0 Å². The smallest absolute Gasteiger partial charge is 0.0208 e. The highest BCUT2D eigenvalue weighted by Crippen LogP contribution is 2.29. The molecule has 4 rings (SSSR count). The van der Waals surface area contributed by atoms with E-state index in [1.54, 1.807) is 0 Å². The summed E-state index contributed by atoms with van der Waals surface area (Å²) in [7, 11) is 0. The molecular weight excluding hydrogens is 398 g/mol. The highest BCUT2D eigenvalue weighted by Gasteiger charge is 2.12. The molecule has 0 radical (unpaired) electrons. The van der Waals surface area contributed by atoms with Crippen LogP contribution in [-0.4, -0.2) is 0 Å². The van der Waals surface area contributed by atoms with Crippen LogP contribution >= 0.6 is 0 Å². The van der Waals surface area contributed by atoms with Crippen molar-refractivity contribution in [3.05, 3.63) is 144 Å². The van der Waals surface area contributed by atoms with Crippen LogP contribution in [-0.2, 0) is 13.1 Å². The molecule has 0 saturated heterocycles. The van der Waals surface area contributed by atoms with Crippen LogP contribution in [0.3, 0.4) is 0 Å². The molecule has 4 aromatic carbocycles. The molecule has 1 N–H and O–H groups in total. The minimum Gasteiger partial charge on any atom is -0.309 e. The highest BCUT2D eigenvalue weighted by atomic mass is 14.8. The summed E-state index contributed by atoms with van der Waals surface area (Å²) in [6, 6.07) is 42.7.